The Morgan fingerprint density at radius 2 is 1.72 bits per heavy atom. The molecule has 0 bridgehead atoms. The minimum absolute atomic E-state index is 0. The van der Waals surface area contributed by atoms with Gasteiger partial charge in [-0.3, -0.25) is 4.52 Å². The average Bonchev–Trinajstić information content (AvgIpc) is 2.95. The van der Waals surface area contributed by atoms with E-state index in [4.69, 9.17) is 34.9 Å². The normalized spacial score (nSPS) is 13.6. The molecule has 1 unspecified atom stereocenters. The van der Waals surface area contributed by atoms with E-state index in [1.165, 1.54) is 12.6 Å². The standard InChI is InChI=1S/C32H44ClN2O6P.CH4/c1-32(2,3)26-17-18-31(29(33)20-26)41-42(36,34-4)40-23-39-28(21-35(5)6)22-38-30-14-9-8-12-25(30)16-15-24-11-10-13-27(19-24)37-7;/h8-14,17-20,28H,15-16,21-23H2,1-7H3,(H,34,36);1H4/t28-,42?;/m1./s1. The van der Waals surface area contributed by atoms with Crippen LogP contribution in [0.1, 0.15) is 44.9 Å². The van der Waals surface area contributed by atoms with E-state index in [-0.39, 0.29) is 38.1 Å². The lowest BCUT2D eigenvalue weighted by molar-refractivity contribution is -0.0635. The van der Waals surface area contributed by atoms with Crippen LogP contribution in [0, 0.1) is 0 Å². The molecule has 10 heteroatoms. The van der Waals surface area contributed by atoms with Crippen molar-refractivity contribution in [2.75, 3.05) is 48.2 Å². The number of hydrogen-bond acceptors (Lipinski definition) is 7. The van der Waals surface area contributed by atoms with E-state index in [0.717, 1.165) is 35.5 Å². The molecule has 0 fully saturated rings. The zero-order chi connectivity index (χ0) is 30.8. The first kappa shape index (κ1) is 36.6. The molecule has 0 aliphatic rings. The molecule has 0 aliphatic heterocycles. The SMILES string of the molecule is C.CNP(=O)(OCO[C@@H](COc1ccccc1CCc1cccc(OC)c1)CN(C)C)Oc1ccc(C(C)(C)C)cc1Cl. The van der Waals surface area contributed by atoms with Gasteiger partial charge in [-0.15, -0.1) is 0 Å². The summed E-state index contributed by atoms with van der Waals surface area (Å²) in [7, 11) is 3.32. The Morgan fingerprint density at radius 3 is 2.37 bits per heavy atom. The van der Waals surface area contributed by atoms with Gasteiger partial charge in [-0.1, -0.05) is 76.2 Å². The number of nitrogens with one attached hydrogen (secondary N) is 1. The summed E-state index contributed by atoms with van der Waals surface area (Å²) in [4.78, 5) is 1.99. The summed E-state index contributed by atoms with van der Waals surface area (Å²) in [5.41, 5.74) is 3.25. The number of ether oxygens (including phenoxy) is 3. The number of benzene rings is 3. The highest BCUT2D eigenvalue weighted by molar-refractivity contribution is 7.52. The number of methoxy groups -OCH3 is 1. The summed E-state index contributed by atoms with van der Waals surface area (Å²) in [6.45, 7) is 6.85. The summed E-state index contributed by atoms with van der Waals surface area (Å²) in [5.74, 6) is 1.91. The summed E-state index contributed by atoms with van der Waals surface area (Å²) in [6, 6.07) is 21.5. The van der Waals surface area contributed by atoms with Crippen LogP contribution < -0.4 is 19.1 Å². The molecule has 0 heterocycles. The van der Waals surface area contributed by atoms with E-state index in [0.29, 0.717) is 11.6 Å². The predicted molar refractivity (Wildman–Crippen MR) is 176 cm³/mol. The molecule has 1 N–H and O–H groups in total. The van der Waals surface area contributed by atoms with Crippen molar-refractivity contribution in [1.29, 1.82) is 0 Å². The number of para-hydroxylation sites is 1. The van der Waals surface area contributed by atoms with Gasteiger partial charge < -0.3 is 23.6 Å². The smallest absolute Gasteiger partial charge is 0.460 e. The molecule has 0 spiro atoms. The molecule has 0 aliphatic carbocycles. The first-order valence-electron chi connectivity index (χ1n) is 14.0. The summed E-state index contributed by atoms with van der Waals surface area (Å²) < 4.78 is 42.1. The third-order valence-electron chi connectivity index (χ3n) is 6.60. The van der Waals surface area contributed by atoms with Crippen molar-refractivity contribution in [2.45, 2.75) is 52.6 Å². The monoisotopic (exact) mass is 634 g/mol. The van der Waals surface area contributed by atoms with Crippen molar-refractivity contribution < 1.29 is 27.8 Å². The lowest BCUT2D eigenvalue weighted by Crippen LogP contribution is -2.34. The van der Waals surface area contributed by atoms with Crippen LogP contribution in [-0.2, 0) is 32.1 Å². The van der Waals surface area contributed by atoms with Crippen LogP contribution in [0.2, 0.25) is 5.02 Å². The molecule has 0 aromatic heterocycles. The lowest BCUT2D eigenvalue weighted by Gasteiger charge is -2.24. The van der Waals surface area contributed by atoms with Crippen molar-refractivity contribution in [1.82, 2.24) is 9.99 Å². The largest absolute Gasteiger partial charge is 0.497 e. The van der Waals surface area contributed by atoms with Gasteiger partial charge in [0.15, 0.2) is 6.79 Å². The Labute approximate surface area is 263 Å². The third kappa shape index (κ3) is 11.8. The average molecular weight is 635 g/mol. The van der Waals surface area contributed by atoms with Crippen LogP contribution in [0.4, 0.5) is 0 Å². The molecule has 3 rings (SSSR count). The quantitative estimate of drug-likeness (QED) is 0.126. The van der Waals surface area contributed by atoms with Crippen LogP contribution >= 0.6 is 19.3 Å². The van der Waals surface area contributed by atoms with Gasteiger partial charge in [0.2, 0.25) is 0 Å². The maximum atomic E-state index is 13.3. The van der Waals surface area contributed by atoms with Crippen LogP contribution in [-0.4, -0.2) is 59.2 Å². The molecule has 238 valence electrons. The van der Waals surface area contributed by atoms with E-state index < -0.39 is 7.75 Å². The minimum Gasteiger partial charge on any atom is -0.497 e. The molecular formula is C33H48ClN2O6P. The highest BCUT2D eigenvalue weighted by Crippen LogP contribution is 2.46. The molecule has 0 saturated carbocycles. The Morgan fingerprint density at radius 1 is 0.977 bits per heavy atom. The Balaban J connectivity index is 0.00000645. The van der Waals surface area contributed by atoms with Crippen LogP contribution in [0.25, 0.3) is 0 Å². The molecule has 0 saturated heterocycles. The number of aryl methyl sites for hydroxylation is 2. The van der Waals surface area contributed by atoms with Crippen LogP contribution in [0.3, 0.4) is 0 Å². The molecule has 0 radical (unpaired) electrons. The first-order valence-corrected chi connectivity index (χ1v) is 15.9. The second-order valence-corrected chi connectivity index (χ2v) is 13.6. The second-order valence-electron chi connectivity index (χ2n) is 11.3. The molecule has 8 nitrogen and oxygen atoms in total. The summed E-state index contributed by atoms with van der Waals surface area (Å²) in [6.07, 6.45) is 1.31. The van der Waals surface area contributed by atoms with Gasteiger partial charge in [-0.25, -0.2) is 9.65 Å². The van der Waals surface area contributed by atoms with Gasteiger partial charge in [0, 0.05) is 6.54 Å². The fraction of sp³-hybridized carbons (Fsp3) is 0.455. The fourth-order valence-corrected chi connectivity index (χ4v) is 5.37. The van der Waals surface area contributed by atoms with E-state index in [1.54, 1.807) is 13.2 Å². The molecule has 43 heavy (non-hydrogen) atoms. The first-order chi connectivity index (χ1) is 19.9. The predicted octanol–water partition coefficient (Wildman–Crippen LogP) is 7.77. The molecule has 2 atom stereocenters. The van der Waals surface area contributed by atoms with Crippen LogP contribution in [0.5, 0.6) is 17.2 Å². The van der Waals surface area contributed by atoms with E-state index in [1.807, 2.05) is 67.5 Å². The molecular weight excluding hydrogens is 587 g/mol. The fourth-order valence-electron chi connectivity index (χ4n) is 4.21. The van der Waals surface area contributed by atoms with Gasteiger partial charge in [-0.05, 0) is 86.4 Å². The number of nitrogens with zero attached hydrogens (tertiary/aromatic N) is 1. The topological polar surface area (TPSA) is 78.5 Å². The number of hydrogen-bond donors (Lipinski definition) is 1. The zero-order valence-corrected chi connectivity index (χ0v) is 27.3. The molecule has 3 aromatic carbocycles. The summed E-state index contributed by atoms with van der Waals surface area (Å²) >= 11 is 6.43. The zero-order valence-electron chi connectivity index (χ0n) is 25.7. The highest BCUT2D eigenvalue weighted by atomic mass is 35.5. The number of halogens is 1. The van der Waals surface area contributed by atoms with E-state index in [2.05, 4.69) is 38.0 Å². The van der Waals surface area contributed by atoms with Crippen molar-refractivity contribution in [3.8, 4) is 17.2 Å². The van der Waals surface area contributed by atoms with Gasteiger partial charge in [0.25, 0.3) is 0 Å². The van der Waals surface area contributed by atoms with E-state index >= 15 is 0 Å². The maximum absolute atomic E-state index is 13.3. The Kier molecular flexibility index (Phi) is 14.5. The third-order valence-corrected chi connectivity index (χ3v) is 8.33. The minimum atomic E-state index is -3.75. The van der Waals surface area contributed by atoms with E-state index in [9.17, 15) is 4.57 Å². The highest BCUT2D eigenvalue weighted by Gasteiger charge is 2.27. The Hall–Kier alpha value is -2.58. The van der Waals surface area contributed by atoms with Gasteiger partial charge in [-0.2, -0.15) is 0 Å². The maximum Gasteiger partial charge on any atom is 0.460 e. The van der Waals surface area contributed by atoms with Crippen molar-refractivity contribution >= 4 is 19.3 Å². The van der Waals surface area contributed by atoms with Crippen molar-refractivity contribution in [3.63, 3.8) is 0 Å². The number of rotatable bonds is 16. The molecule has 3 aromatic rings. The van der Waals surface area contributed by atoms with Crippen molar-refractivity contribution in [2.24, 2.45) is 0 Å². The second kappa shape index (κ2) is 17.0. The van der Waals surface area contributed by atoms with Gasteiger partial charge >= 0.3 is 7.75 Å². The van der Waals surface area contributed by atoms with Crippen molar-refractivity contribution in [3.05, 3.63) is 88.4 Å². The molecule has 0 amide bonds. The summed E-state index contributed by atoms with van der Waals surface area (Å²) in [5, 5.41) is 2.99. The van der Waals surface area contributed by atoms with Gasteiger partial charge in [0.05, 0.1) is 12.1 Å². The Bertz CT molecular complexity index is 1330. The van der Waals surface area contributed by atoms with Gasteiger partial charge in [0.1, 0.15) is 30.0 Å². The lowest BCUT2D eigenvalue weighted by atomic mass is 9.87. The number of likely N-dealkylation sites (N-methyl/N-ethyl adjacent to an activating group) is 1. The van der Waals surface area contributed by atoms with Crippen LogP contribution in [0.15, 0.2) is 66.7 Å².